The summed E-state index contributed by atoms with van der Waals surface area (Å²) in [6.45, 7) is 5.67. The van der Waals surface area contributed by atoms with Gasteiger partial charge in [-0.3, -0.25) is 9.59 Å². The fraction of sp³-hybridized carbons (Fsp3) is 0.500. The monoisotopic (exact) mass is 329 g/mol. The van der Waals surface area contributed by atoms with Gasteiger partial charge in [0.1, 0.15) is 11.8 Å². The lowest BCUT2D eigenvalue weighted by molar-refractivity contribution is -0.144. The third kappa shape index (κ3) is 4.05. The van der Waals surface area contributed by atoms with E-state index in [0.717, 1.165) is 6.42 Å². The second-order valence-corrected chi connectivity index (χ2v) is 5.68. The molecule has 1 heterocycles. The number of nitriles is 1. The standard InChI is InChI=1S/C18H23N3O3/c1-3-20(4-2)18(23)16-6-5-11-21(16)17(22)13-24-15-9-7-14(12-19)8-10-15/h7-10,16H,3-6,11,13H2,1-2H3. The molecule has 0 aromatic heterocycles. The molecule has 6 nitrogen and oxygen atoms in total. The summed E-state index contributed by atoms with van der Waals surface area (Å²) in [6.07, 6.45) is 1.54. The number of amides is 2. The van der Waals surface area contributed by atoms with Gasteiger partial charge in [0.15, 0.2) is 6.61 Å². The van der Waals surface area contributed by atoms with Crippen molar-refractivity contribution in [2.75, 3.05) is 26.2 Å². The number of benzene rings is 1. The number of hydrogen-bond acceptors (Lipinski definition) is 4. The number of carbonyl (C=O) groups is 2. The molecule has 0 aliphatic carbocycles. The molecular formula is C18H23N3O3. The first-order valence-electron chi connectivity index (χ1n) is 8.31. The third-order valence-electron chi connectivity index (χ3n) is 4.28. The molecule has 0 bridgehead atoms. The Labute approximate surface area is 142 Å². The zero-order valence-corrected chi connectivity index (χ0v) is 14.2. The van der Waals surface area contributed by atoms with Gasteiger partial charge in [0, 0.05) is 19.6 Å². The second kappa shape index (κ2) is 8.34. The van der Waals surface area contributed by atoms with Crippen molar-refractivity contribution in [3.63, 3.8) is 0 Å². The van der Waals surface area contributed by atoms with Crippen molar-refractivity contribution in [2.45, 2.75) is 32.7 Å². The third-order valence-corrected chi connectivity index (χ3v) is 4.28. The molecule has 1 aliphatic rings. The van der Waals surface area contributed by atoms with E-state index in [2.05, 4.69) is 0 Å². The van der Waals surface area contributed by atoms with Crippen LogP contribution < -0.4 is 4.74 Å². The molecule has 0 N–H and O–H groups in total. The van der Waals surface area contributed by atoms with Crippen LogP contribution in [-0.4, -0.2) is 53.9 Å². The minimum atomic E-state index is -0.373. The summed E-state index contributed by atoms with van der Waals surface area (Å²) in [7, 11) is 0. The lowest BCUT2D eigenvalue weighted by atomic mass is 10.2. The molecule has 0 saturated carbocycles. The van der Waals surface area contributed by atoms with E-state index in [1.807, 2.05) is 19.9 Å². The molecule has 1 aliphatic heterocycles. The van der Waals surface area contributed by atoms with Crippen LogP contribution in [0.1, 0.15) is 32.3 Å². The van der Waals surface area contributed by atoms with Crippen LogP contribution in [0.3, 0.4) is 0 Å². The zero-order valence-electron chi connectivity index (χ0n) is 14.2. The summed E-state index contributed by atoms with van der Waals surface area (Å²) in [5.74, 6) is 0.375. The number of ether oxygens (including phenoxy) is 1. The molecule has 1 fully saturated rings. The molecule has 1 saturated heterocycles. The van der Waals surface area contributed by atoms with Crippen LogP contribution >= 0.6 is 0 Å². The number of nitrogens with zero attached hydrogens (tertiary/aromatic N) is 3. The van der Waals surface area contributed by atoms with E-state index in [4.69, 9.17) is 10.00 Å². The zero-order chi connectivity index (χ0) is 17.5. The Hall–Kier alpha value is -2.55. The minimum absolute atomic E-state index is 0.0178. The predicted octanol–water partition coefficient (Wildman–Crippen LogP) is 1.80. The number of rotatable bonds is 6. The number of likely N-dealkylation sites (tertiary alicyclic amines) is 1. The Kier molecular flexibility index (Phi) is 6.19. The van der Waals surface area contributed by atoms with Crippen LogP contribution in [0, 0.1) is 11.3 Å². The summed E-state index contributed by atoms with van der Waals surface area (Å²) in [6, 6.07) is 8.26. The van der Waals surface area contributed by atoms with Crippen LogP contribution in [0.5, 0.6) is 5.75 Å². The van der Waals surface area contributed by atoms with Crippen LogP contribution in [0.25, 0.3) is 0 Å². The van der Waals surface area contributed by atoms with Crippen molar-refractivity contribution in [3.05, 3.63) is 29.8 Å². The van der Waals surface area contributed by atoms with Gasteiger partial charge >= 0.3 is 0 Å². The highest BCUT2D eigenvalue weighted by Crippen LogP contribution is 2.20. The fourth-order valence-corrected chi connectivity index (χ4v) is 2.92. The van der Waals surface area contributed by atoms with Crippen LogP contribution in [-0.2, 0) is 9.59 Å². The van der Waals surface area contributed by atoms with E-state index < -0.39 is 0 Å². The average Bonchev–Trinajstić information content (AvgIpc) is 3.11. The summed E-state index contributed by atoms with van der Waals surface area (Å²) < 4.78 is 5.50. The average molecular weight is 329 g/mol. The number of carbonyl (C=O) groups excluding carboxylic acids is 2. The molecule has 1 unspecified atom stereocenters. The maximum atomic E-state index is 12.5. The van der Waals surface area contributed by atoms with Crippen molar-refractivity contribution in [1.82, 2.24) is 9.80 Å². The molecule has 24 heavy (non-hydrogen) atoms. The van der Waals surface area contributed by atoms with Crippen LogP contribution in [0.4, 0.5) is 0 Å². The maximum absolute atomic E-state index is 12.5. The first-order valence-corrected chi connectivity index (χ1v) is 8.31. The molecule has 0 spiro atoms. The lowest BCUT2D eigenvalue weighted by Gasteiger charge is -2.29. The van der Waals surface area contributed by atoms with E-state index in [-0.39, 0.29) is 24.5 Å². The van der Waals surface area contributed by atoms with E-state index in [9.17, 15) is 9.59 Å². The summed E-state index contributed by atoms with van der Waals surface area (Å²) in [5.41, 5.74) is 0.540. The Morgan fingerprint density at radius 3 is 2.54 bits per heavy atom. The minimum Gasteiger partial charge on any atom is -0.484 e. The molecule has 1 aromatic rings. The van der Waals surface area contributed by atoms with Gasteiger partial charge in [-0.2, -0.15) is 5.26 Å². The van der Waals surface area contributed by atoms with Gasteiger partial charge in [-0.15, -0.1) is 0 Å². The van der Waals surface area contributed by atoms with Gasteiger partial charge in [0.05, 0.1) is 11.6 Å². The fourth-order valence-electron chi connectivity index (χ4n) is 2.92. The van der Waals surface area contributed by atoms with E-state index in [1.165, 1.54) is 0 Å². The molecule has 2 rings (SSSR count). The Balaban J connectivity index is 1.95. The summed E-state index contributed by atoms with van der Waals surface area (Å²) in [5, 5.41) is 8.77. The Bertz CT molecular complexity index is 617. The van der Waals surface area contributed by atoms with Gasteiger partial charge in [0.25, 0.3) is 5.91 Å². The van der Waals surface area contributed by atoms with Crippen molar-refractivity contribution < 1.29 is 14.3 Å². The van der Waals surface area contributed by atoms with Gasteiger partial charge in [-0.25, -0.2) is 0 Å². The quantitative estimate of drug-likeness (QED) is 0.797. The summed E-state index contributed by atoms with van der Waals surface area (Å²) >= 11 is 0. The Morgan fingerprint density at radius 2 is 1.96 bits per heavy atom. The molecule has 1 atom stereocenters. The Morgan fingerprint density at radius 1 is 1.29 bits per heavy atom. The molecule has 1 aromatic carbocycles. The predicted molar refractivity (Wildman–Crippen MR) is 89.3 cm³/mol. The molecule has 0 radical (unpaired) electrons. The molecular weight excluding hydrogens is 306 g/mol. The highest BCUT2D eigenvalue weighted by atomic mass is 16.5. The van der Waals surface area contributed by atoms with E-state index in [1.54, 1.807) is 34.1 Å². The largest absolute Gasteiger partial charge is 0.484 e. The highest BCUT2D eigenvalue weighted by molar-refractivity contribution is 5.88. The molecule has 128 valence electrons. The molecule has 6 heteroatoms. The maximum Gasteiger partial charge on any atom is 0.261 e. The van der Waals surface area contributed by atoms with Crippen molar-refractivity contribution in [3.8, 4) is 11.8 Å². The van der Waals surface area contributed by atoms with Crippen LogP contribution in [0.2, 0.25) is 0 Å². The first-order chi connectivity index (χ1) is 11.6. The smallest absolute Gasteiger partial charge is 0.261 e. The first kappa shape index (κ1) is 17.8. The van der Waals surface area contributed by atoms with Gasteiger partial charge in [0.2, 0.25) is 5.91 Å². The van der Waals surface area contributed by atoms with Gasteiger partial charge < -0.3 is 14.5 Å². The molecule has 2 amide bonds. The summed E-state index contributed by atoms with van der Waals surface area (Å²) in [4.78, 5) is 28.4. The van der Waals surface area contributed by atoms with E-state index >= 15 is 0 Å². The van der Waals surface area contributed by atoms with Gasteiger partial charge in [-0.1, -0.05) is 0 Å². The SMILES string of the molecule is CCN(CC)C(=O)C1CCCN1C(=O)COc1ccc(C#N)cc1. The van der Waals surface area contributed by atoms with Crippen LogP contribution in [0.15, 0.2) is 24.3 Å². The second-order valence-electron chi connectivity index (χ2n) is 5.68. The highest BCUT2D eigenvalue weighted by Gasteiger charge is 2.35. The topological polar surface area (TPSA) is 73.6 Å². The van der Waals surface area contributed by atoms with Crippen molar-refractivity contribution >= 4 is 11.8 Å². The van der Waals surface area contributed by atoms with Gasteiger partial charge in [-0.05, 0) is 51.0 Å². The lowest BCUT2D eigenvalue weighted by Crippen LogP contribution is -2.48. The van der Waals surface area contributed by atoms with E-state index in [0.29, 0.717) is 37.4 Å². The normalized spacial score (nSPS) is 16.5. The number of hydrogen-bond donors (Lipinski definition) is 0. The van der Waals surface area contributed by atoms with Crippen molar-refractivity contribution in [1.29, 1.82) is 5.26 Å². The number of likely N-dealkylation sites (N-methyl/N-ethyl adjacent to an activating group) is 1. The van der Waals surface area contributed by atoms with Crippen molar-refractivity contribution in [2.24, 2.45) is 0 Å².